The number of carboxylic acid groups (broad SMARTS) is 1. The topological polar surface area (TPSA) is 86.7 Å². The van der Waals surface area contributed by atoms with Gasteiger partial charge in [0, 0.05) is 14.0 Å². The second kappa shape index (κ2) is 7.74. The predicted molar refractivity (Wildman–Crippen MR) is 77.9 cm³/mol. The molecule has 120 valence electrons. The fourth-order valence-corrected chi connectivity index (χ4v) is 1.84. The molecule has 0 saturated carbocycles. The molecular weight excluding hydrogens is 315 g/mol. The highest BCUT2D eigenvalue weighted by molar-refractivity contribution is 6.30. The van der Waals surface area contributed by atoms with Crippen molar-refractivity contribution in [2.75, 3.05) is 13.6 Å². The lowest BCUT2D eigenvalue weighted by atomic mass is 10.0. The van der Waals surface area contributed by atoms with Gasteiger partial charge in [0.05, 0.1) is 24.0 Å². The highest BCUT2D eigenvalue weighted by atomic mass is 35.5. The minimum absolute atomic E-state index is 0.0968. The van der Waals surface area contributed by atoms with Crippen molar-refractivity contribution in [3.05, 3.63) is 34.6 Å². The van der Waals surface area contributed by atoms with Gasteiger partial charge in [-0.2, -0.15) is 0 Å². The second-order valence-electron chi connectivity index (χ2n) is 4.77. The number of amides is 2. The summed E-state index contributed by atoms with van der Waals surface area (Å²) in [6.07, 6.45) is -0.420. The van der Waals surface area contributed by atoms with Crippen LogP contribution in [0.2, 0.25) is 5.02 Å². The number of hydrogen-bond acceptors (Lipinski definition) is 3. The fourth-order valence-electron chi connectivity index (χ4n) is 1.72. The molecule has 0 aromatic heterocycles. The molecule has 1 atom stereocenters. The van der Waals surface area contributed by atoms with Crippen molar-refractivity contribution in [1.29, 1.82) is 0 Å². The Labute approximate surface area is 131 Å². The lowest BCUT2D eigenvalue weighted by Gasteiger charge is -2.20. The van der Waals surface area contributed by atoms with Crippen LogP contribution in [0.15, 0.2) is 18.2 Å². The lowest BCUT2D eigenvalue weighted by Crippen LogP contribution is -2.39. The highest BCUT2D eigenvalue weighted by Gasteiger charge is 2.20. The Morgan fingerprint density at radius 3 is 2.55 bits per heavy atom. The molecule has 0 saturated heterocycles. The summed E-state index contributed by atoms with van der Waals surface area (Å²) in [5.41, 5.74) is 0.281. The van der Waals surface area contributed by atoms with E-state index >= 15 is 0 Å². The number of benzene rings is 1. The first-order chi connectivity index (χ1) is 10.2. The van der Waals surface area contributed by atoms with E-state index in [4.69, 9.17) is 16.7 Å². The Bertz CT molecular complexity index is 594. The SMILES string of the molecule is CC(=O)N(C)CC(=O)NC(CC(=O)O)c1ccc(Cl)c(F)c1. The Kier molecular flexibility index (Phi) is 6.30. The van der Waals surface area contributed by atoms with Gasteiger partial charge in [-0.25, -0.2) is 4.39 Å². The molecule has 0 bridgehead atoms. The molecule has 6 nitrogen and oxygen atoms in total. The third-order valence-corrected chi connectivity index (χ3v) is 3.28. The number of carbonyl (C=O) groups is 3. The van der Waals surface area contributed by atoms with E-state index in [1.165, 1.54) is 31.0 Å². The van der Waals surface area contributed by atoms with Crippen LogP contribution >= 0.6 is 11.6 Å². The smallest absolute Gasteiger partial charge is 0.305 e. The van der Waals surface area contributed by atoms with E-state index in [1.54, 1.807) is 0 Å². The van der Waals surface area contributed by atoms with Crippen molar-refractivity contribution in [2.24, 2.45) is 0 Å². The lowest BCUT2D eigenvalue weighted by molar-refractivity contribution is -0.138. The molecule has 22 heavy (non-hydrogen) atoms. The molecule has 1 unspecified atom stereocenters. The van der Waals surface area contributed by atoms with E-state index in [9.17, 15) is 18.8 Å². The maximum absolute atomic E-state index is 13.5. The third-order valence-electron chi connectivity index (χ3n) is 2.98. The van der Waals surface area contributed by atoms with Crippen LogP contribution in [0.5, 0.6) is 0 Å². The zero-order valence-corrected chi connectivity index (χ0v) is 12.9. The normalized spacial score (nSPS) is 11.6. The first-order valence-electron chi connectivity index (χ1n) is 6.38. The van der Waals surface area contributed by atoms with Crippen LogP contribution < -0.4 is 5.32 Å². The molecule has 0 radical (unpaired) electrons. The van der Waals surface area contributed by atoms with Crippen molar-refractivity contribution < 1.29 is 23.9 Å². The Morgan fingerprint density at radius 2 is 2.05 bits per heavy atom. The van der Waals surface area contributed by atoms with Gasteiger partial charge in [-0.05, 0) is 17.7 Å². The van der Waals surface area contributed by atoms with Crippen LogP contribution in [0, 0.1) is 5.82 Å². The number of carboxylic acids is 1. The van der Waals surface area contributed by atoms with E-state index in [1.807, 2.05) is 0 Å². The molecule has 2 N–H and O–H groups in total. The van der Waals surface area contributed by atoms with Crippen LogP contribution in [0.25, 0.3) is 0 Å². The summed E-state index contributed by atoms with van der Waals surface area (Å²) in [4.78, 5) is 35.0. The number of halogens is 2. The van der Waals surface area contributed by atoms with Crippen molar-refractivity contribution in [1.82, 2.24) is 10.2 Å². The van der Waals surface area contributed by atoms with Gasteiger partial charge >= 0.3 is 5.97 Å². The van der Waals surface area contributed by atoms with Crippen LogP contribution in [-0.4, -0.2) is 41.4 Å². The van der Waals surface area contributed by atoms with Crippen LogP contribution in [0.1, 0.15) is 24.9 Å². The molecule has 1 rings (SSSR count). The summed E-state index contributed by atoms with van der Waals surface area (Å²) in [5, 5.41) is 11.3. The summed E-state index contributed by atoms with van der Waals surface area (Å²) in [6, 6.07) is 2.88. The van der Waals surface area contributed by atoms with Gasteiger partial charge in [-0.15, -0.1) is 0 Å². The summed E-state index contributed by atoms with van der Waals surface area (Å²) in [5.74, 6) is -2.70. The van der Waals surface area contributed by atoms with Gasteiger partial charge in [-0.3, -0.25) is 14.4 Å². The average Bonchev–Trinajstić information content (AvgIpc) is 2.40. The van der Waals surface area contributed by atoms with Crippen molar-refractivity contribution >= 4 is 29.4 Å². The third kappa shape index (κ3) is 5.33. The summed E-state index contributed by atoms with van der Waals surface area (Å²) in [7, 11) is 1.44. The minimum atomic E-state index is -1.15. The van der Waals surface area contributed by atoms with E-state index in [0.717, 1.165) is 6.07 Å². The van der Waals surface area contributed by atoms with Gasteiger partial charge in [0.1, 0.15) is 5.82 Å². The summed E-state index contributed by atoms with van der Waals surface area (Å²) in [6.45, 7) is 1.08. The van der Waals surface area contributed by atoms with Gasteiger partial charge in [-0.1, -0.05) is 17.7 Å². The molecule has 0 aliphatic carbocycles. The zero-order chi connectivity index (χ0) is 16.9. The molecule has 1 aromatic rings. The maximum Gasteiger partial charge on any atom is 0.305 e. The van der Waals surface area contributed by atoms with E-state index in [2.05, 4.69) is 5.32 Å². The molecule has 0 aliphatic rings. The second-order valence-corrected chi connectivity index (χ2v) is 5.17. The van der Waals surface area contributed by atoms with Gasteiger partial charge in [0.2, 0.25) is 11.8 Å². The summed E-state index contributed by atoms with van der Waals surface area (Å²) < 4.78 is 13.5. The fraction of sp³-hybridized carbons (Fsp3) is 0.357. The standard InChI is InChI=1S/C14H16ClFN2O4/c1-8(19)18(2)7-13(20)17-12(6-14(21)22)9-3-4-10(15)11(16)5-9/h3-5,12H,6-7H2,1-2H3,(H,17,20)(H,21,22). The molecular formula is C14H16ClFN2O4. The summed E-state index contributed by atoms with van der Waals surface area (Å²) >= 11 is 5.58. The van der Waals surface area contributed by atoms with Crippen molar-refractivity contribution in [3.63, 3.8) is 0 Å². The van der Waals surface area contributed by atoms with Crippen molar-refractivity contribution in [2.45, 2.75) is 19.4 Å². The Morgan fingerprint density at radius 1 is 1.41 bits per heavy atom. The van der Waals surface area contributed by atoms with Crippen LogP contribution in [0.4, 0.5) is 4.39 Å². The highest BCUT2D eigenvalue weighted by Crippen LogP contribution is 2.22. The molecule has 0 heterocycles. The van der Waals surface area contributed by atoms with Gasteiger partial charge in [0.15, 0.2) is 0 Å². The Balaban J connectivity index is 2.88. The average molecular weight is 331 g/mol. The molecule has 0 aliphatic heterocycles. The zero-order valence-electron chi connectivity index (χ0n) is 12.1. The van der Waals surface area contributed by atoms with E-state index < -0.39 is 30.2 Å². The molecule has 1 aromatic carbocycles. The van der Waals surface area contributed by atoms with Gasteiger partial charge < -0.3 is 15.3 Å². The molecule has 2 amide bonds. The van der Waals surface area contributed by atoms with Crippen LogP contribution in [0.3, 0.4) is 0 Å². The van der Waals surface area contributed by atoms with E-state index in [-0.39, 0.29) is 23.0 Å². The molecule has 8 heteroatoms. The quantitative estimate of drug-likeness (QED) is 0.829. The largest absolute Gasteiger partial charge is 0.481 e. The monoisotopic (exact) mass is 330 g/mol. The first-order valence-corrected chi connectivity index (χ1v) is 6.76. The van der Waals surface area contributed by atoms with Crippen LogP contribution in [-0.2, 0) is 14.4 Å². The van der Waals surface area contributed by atoms with Crippen molar-refractivity contribution in [3.8, 4) is 0 Å². The molecule has 0 spiro atoms. The number of aliphatic carboxylic acids is 1. The number of nitrogens with zero attached hydrogens (tertiary/aromatic N) is 1. The number of carbonyl (C=O) groups excluding carboxylic acids is 2. The van der Waals surface area contributed by atoms with E-state index in [0.29, 0.717) is 0 Å². The number of hydrogen-bond donors (Lipinski definition) is 2. The Hall–Kier alpha value is -2.15. The number of likely N-dealkylation sites (N-methyl/N-ethyl adjacent to an activating group) is 1. The first kappa shape index (κ1) is 17.9. The predicted octanol–water partition coefficient (Wildman–Crippen LogP) is 1.59. The van der Waals surface area contributed by atoms with Gasteiger partial charge in [0.25, 0.3) is 0 Å². The number of rotatable bonds is 6. The maximum atomic E-state index is 13.5. The molecule has 0 fully saturated rings. The minimum Gasteiger partial charge on any atom is -0.481 e. The number of nitrogens with one attached hydrogen (secondary N) is 1.